The molecule has 0 aliphatic carbocycles. The Hall–Kier alpha value is -4.25. The van der Waals surface area contributed by atoms with Crippen molar-refractivity contribution in [3.63, 3.8) is 0 Å². The van der Waals surface area contributed by atoms with Crippen LogP contribution in [-0.2, 0) is 31.1 Å². The number of hydrogen-bond acceptors (Lipinski definition) is 9. The molecule has 41 heavy (non-hydrogen) atoms. The number of carbonyl (C=O) groups is 3. The summed E-state index contributed by atoms with van der Waals surface area (Å²) in [6.07, 6.45) is 1.29. The molecule has 218 valence electrons. The number of carbonyl (C=O) groups excluding carboxylic acids is 3. The smallest absolute Gasteiger partial charge is 0.340 e. The van der Waals surface area contributed by atoms with Gasteiger partial charge < -0.3 is 14.5 Å². The van der Waals surface area contributed by atoms with Gasteiger partial charge in [-0.1, -0.05) is 0 Å². The van der Waals surface area contributed by atoms with Gasteiger partial charge in [0, 0.05) is 32.0 Å². The van der Waals surface area contributed by atoms with Crippen LogP contribution in [0.4, 0.5) is 15.9 Å². The van der Waals surface area contributed by atoms with Gasteiger partial charge in [-0.3, -0.25) is 14.3 Å². The fourth-order valence-electron chi connectivity index (χ4n) is 4.76. The summed E-state index contributed by atoms with van der Waals surface area (Å²) in [6.45, 7) is 4.63. The van der Waals surface area contributed by atoms with Crippen LogP contribution in [0.15, 0.2) is 30.3 Å². The Kier molecular flexibility index (Phi) is 9.07. The molecule has 2 aliphatic rings. The van der Waals surface area contributed by atoms with Gasteiger partial charge in [-0.25, -0.2) is 18.9 Å². The molecule has 0 bridgehead atoms. The average molecular weight is 587 g/mol. The lowest BCUT2D eigenvalue weighted by atomic mass is 9.96. The van der Waals surface area contributed by atoms with Crippen LogP contribution in [0.5, 0.6) is 0 Å². The zero-order valence-corrected chi connectivity index (χ0v) is 23.5. The van der Waals surface area contributed by atoms with E-state index in [1.54, 1.807) is 23.6 Å². The molecule has 1 aromatic carbocycles. The number of aromatic nitrogens is 1. The number of anilines is 2. The summed E-state index contributed by atoms with van der Waals surface area (Å²) < 4.78 is 47.4. The molecule has 2 aromatic rings. The molecule has 2 aliphatic heterocycles. The predicted octanol–water partition coefficient (Wildman–Crippen LogP) is 2.47. The van der Waals surface area contributed by atoms with Crippen LogP contribution < -0.4 is 14.3 Å². The second-order valence-electron chi connectivity index (χ2n) is 10.2. The summed E-state index contributed by atoms with van der Waals surface area (Å²) in [4.78, 5) is 45.9. The average Bonchev–Trinajstić information content (AvgIpc) is 3.33. The van der Waals surface area contributed by atoms with Crippen molar-refractivity contribution in [1.29, 1.82) is 5.26 Å². The van der Waals surface area contributed by atoms with Crippen LogP contribution in [0.1, 0.15) is 61.1 Å². The van der Waals surface area contributed by atoms with Crippen LogP contribution in [0.25, 0.3) is 0 Å². The van der Waals surface area contributed by atoms with Crippen molar-refractivity contribution in [3.05, 3.63) is 53.0 Å². The Morgan fingerprint density at radius 2 is 1.88 bits per heavy atom. The highest BCUT2D eigenvalue weighted by Gasteiger charge is 2.31. The van der Waals surface area contributed by atoms with E-state index in [1.807, 2.05) is 4.72 Å². The Balaban J connectivity index is 1.48. The van der Waals surface area contributed by atoms with Crippen LogP contribution in [0.2, 0.25) is 0 Å². The van der Waals surface area contributed by atoms with Crippen molar-refractivity contribution in [3.8, 4) is 6.07 Å². The van der Waals surface area contributed by atoms with Crippen molar-refractivity contribution in [2.45, 2.75) is 52.2 Å². The topological polar surface area (TPSA) is 162 Å². The van der Waals surface area contributed by atoms with Gasteiger partial charge in [0.2, 0.25) is 11.8 Å². The van der Waals surface area contributed by atoms with E-state index in [9.17, 15) is 32.5 Å². The minimum absolute atomic E-state index is 0.0448. The van der Waals surface area contributed by atoms with Gasteiger partial charge in [0.15, 0.2) is 0 Å². The number of nitriles is 1. The molecule has 12 nitrogen and oxygen atoms in total. The molecule has 2 fully saturated rings. The van der Waals surface area contributed by atoms with E-state index in [0.717, 1.165) is 12.1 Å². The largest absolute Gasteiger partial charge is 0.459 e. The maximum atomic E-state index is 13.1. The number of ether oxygens (including phenoxy) is 1. The molecule has 0 atom stereocenters. The maximum Gasteiger partial charge on any atom is 0.340 e. The van der Waals surface area contributed by atoms with Crippen LogP contribution in [-0.4, -0.2) is 61.8 Å². The molecule has 0 spiro atoms. The van der Waals surface area contributed by atoms with E-state index in [2.05, 4.69) is 15.8 Å². The van der Waals surface area contributed by atoms with Gasteiger partial charge in [0.05, 0.1) is 35.2 Å². The van der Waals surface area contributed by atoms with Crippen molar-refractivity contribution in [2.24, 2.45) is 5.92 Å². The minimum atomic E-state index is -4.23. The molecular weight excluding hydrogens is 555 g/mol. The molecule has 4 rings (SSSR count). The highest BCUT2D eigenvalue weighted by molar-refractivity contribution is 7.91. The third-order valence-electron chi connectivity index (χ3n) is 6.77. The van der Waals surface area contributed by atoms with E-state index in [4.69, 9.17) is 4.74 Å². The third-order valence-corrected chi connectivity index (χ3v) is 7.75. The lowest BCUT2D eigenvalue weighted by molar-refractivity contribution is -0.128. The second-order valence-corrected chi connectivity index (χ2v) is 11.6. The predicted molar refractivity (Wildman–Crippen MR) is 146 cm³/mol. The number of rotatable bonds is 9. The molecule has 0 saturated carbocycles. The molecular formula is C27H31FN6O6S. The molecule has 0 unspecified atom stereocenters. The number of amides is 2. The number of hydrogen-bond donors (Lipinski definition) is 2. The highest BCUT2D eigenvalue weighted by atomic mass is 32.2. The van der Waals surface area contributed by atoms with E-state index in [1.165, 1.54) is 18.2 Å². The molecule has 0 radical (unpaired) electrons. The first kappa shape index (κ1) is 29.7. The normalized spacial score (nSPS) is 16.0. The second kappa shape index (κ2) is 12.5. The molecule has 2 N–H and O–H groups in total. The molecule has 3 heterocycles. The summed E-state index contributed by atoms with van der Waals surface area (Å²) in [5.74, 6) is -2.20. The van der Waals surface area contributed by atoms with Gasteiger partial charge in [-0.05, 0) is 63.4 Å². The molecule has 2 amide bonds. The summed E-state index contributed by atoms with van der Waals surface area (Å²) in [7, 11) is -4.23. The Labute approximate surface area is 237 Å². The summed E-state index contributed by atoms with van der Waals surface area (Å²) in [5.41, 5.74) is 0.680. The Morgan fingerprint density at radius 1 is 1.20 bits per heavy atom. The standard InChI is InChI=1S/C27H31FN6O6S/c1-17(2)40-27(37)22-14-19(15-29)25(30-23(22)16-34-11-3-4-24(34)35)33-12-9-18(10-13-33)26(36)32-41(38,39)31-21-7-5-20(28)6-8-21/h5-8,14,17-18,31H,3-4,9-13,16H2,1-2H3,(H,32,36). The van der Waals surface area contributed by atoms with Crippen molar-refractivity contribution >= 4 is 39.5 Å². The Morgan fingerprint density at radius 3 is 2.46 bits per heavy atom. The lowest BCUT2D eigenvalue weighted by Crippen LogP contribution is -2.44. The van der Waals surface area contributed by atoms with Crippen molar-refractivity contribution < 1.29 is 31.9 Å². The first-order chi connectivity index (χ1) is 19.5. The number of pyridine rings is 1. The number of benzene rings is 1. The number of piperidine rings is 1. The third kappa shape index (κ3) is 7.49. The van der Waals surface area contributed by atoms with Gasteiger partial charge in [0.1, 0.15) is 17.7 Å². The zero-order chi connectivity index (χ0) is 29.7. The van der Waals surface area contributed by atoms with Crippen molar-refractivity contribution in [2.75, 3.05) is 29.3 Å². The first-order valence-corrected chi connectivity index (χ1v) is 14.7. The van der Waals surface area contributed by atoms with Crippen LogP contribution in [0, 0.1) is 23.1 Å². The number of likely N-dealkylation sites (tertiary alicyclic amines) is 1. The first-order valence-electron chi connectivity index (χ1n) is 13.2. The van der Waals surface area contributed by atoms with E-state index in [0.29, 0.717) is 44.0 Å². The summed E-state index contributed by atoms with van der Waals surface area (Å²) in [6, 6.07) is 8.16. The number of esters is 1. The summed E-state index contributed by atoms with van der Waals surface area (Å²) >= 11 is 0. The van der Waals surface area contributed by atoms with E-state index >= 15 is 0 Å². The quantitative estimate of drug-likeness (QED) is 0.421. The Bertz CT molecular complexity index is 1470. The van der Waals surface area contributed by atoms with E-state index in [-0.39, 0.29) is 42.1 Å². The maximum absolute atomic E-state index is 13.1. The van der Waals surface area contributed by atoms with Gasteiger partial charge >= 0.3 is 16.2 Å². The van der Waals surface area contributed by atoms with Gasteiger partial charge in [-0.2, -0.15) is 13.7 Å². The van der Waals surface area contributed by atoms with Crippen molar-refractivity contribution in [1.82, 2.24) is 14.6 Å². The van der Waals surface area contributed by atoms with Gasteiger partial charge in [0.25, 0.3) is 0 Å². The minimum Gasteiger partial charge on any atom is -0.459 e. The lowest BCUT2D eigenvalue weighted by Gasteiger charge is -2.33. The fourth-order valence-corrected chi connectivity index (χ4v) is 5.69. The molecule has 14 heteroatoms. The zero-order valence-electron chi connectivity index (χ0n) is 22.7. The number of nitrogens with one attached hydrogen (secondary N) is 2. The molecule has 2 saturated heterocycles. The van der Waals surface area contributed by atoms with E-state index < -0.39 is 39.9 Å². The SMILES string of the molecule is CC(C)OC(=O)c1cc(C#N)c(N2CCC(C(=O)NS(=O)(=O)Nc3ccc(F)cc3)CC2)nc1CN1CCCC1=O. The van der Waals surface area contributed by atoms with Crippen LogP contribution in [0.3, 0.4) is 0 Å². The monoisotopic (exact) mass is 586 g/mol. The highest BCUT2D eigenvalue weighted by Crippen LogP contribution is 2.28. The number of nitrogens with zero attached hydrogens (tertiary/aromatic N) is 4. The summed E-state index contributed by atoms with van der Waals surface area (Å²) in [5, 5.41) is 9.87. The fraction of sp³-hybridized carbons (Fsp3) is 0.444. The molecule has 1 aromatic heterocycles. The van der Waals surface area contributed by atoms with Crippen LogP contribution >= 0.6 is 0 Å². The number of halogens is 1. The van der Waals surface area contributed by atoms with Gasteiger partial charge in [-0.15, -0.1) is 0 Å².